The van der Waals surface area contributed by atoms with Crippen LogP contribution in [-0.4, -0.2) is 28.4 Å². The maximum absolute atomic E-state index is 12.9. The van der Waals surface area contributed by atoms with E-state index < -0.39 is 23.3 Å². The first-order valence-corrected chi connectivity index (χ1v) is 9.97. The Labute approximate surface area is 179 Å². The Balaban J connectivity index is 2.45. The van der Waals surface area contributed by atoms with Gasteiger partial charge < -0.3 is 15.2 Å². The van der Waals surface area contributed by atoms with Crippen molar-refractivity contribution in [2.45, 2.75) is 39.1 Å². The van der Waals surface area contributed by atoms with Gasteiger partial charge in [0.1, 0.15) is 15.3 Å². The van der Waals surface area contributed by atoms with Crippen LogP contribution in [0.4, 0.5) is 18.9 Å². The van der Waals surface area contributed by atoms with Crippen molar-refractivity contribution >= 4 is 34.8 Å². The van der Waals surface area contributed by atoms with Crippen LogP contribution in [0.5, 0.6) is 0 Å². The summed E-state index contributed by atoms with van der Waals surface area (Å²) in [5.74, 6) is -0.833. The first-order valence-electron chi connectivity index (χ1n) is 9.15. The second-order valence-electron chi connectivity index (χ2n) is 6.46. The number of nitrogens with one attached hydrogen (secondary N) is 1. The highest BCUT2D eigenvalue weighted by Gasteiger charge is 2.51. The van der Waals surface area contributed by atoms with E-state index in [-0.39, 0.29) is 33.5 Å². The molecule has 11 heteroatoms. The fraction of sp³-hybridized carbons (Fsp3) is 0.350. The van der Waals surface area contributed by atoms with E-state index in [1.807, 2.05) is 0 Å². The van der Waals surface area contributed by atoms with Crippen LogP contribution in [-0.2, 0) is 21.7 Å². The highest BCUT2D eigenvalue weighted by atomic mass is 32.1. The summed E-state index contributed by atoms with van der Waals surface area (Å²) in [4.78, 5) is 24.6. The molecule has 2 N–H and O–H groups in total. The van der Waals surface area contributed by atoms with Gasteiger partial charge in [-0.15, -0.1) is 11.3 Å². The molecule has 0 spiro atoms. The lowest BCUT2D eigenvalue weighted by Crippen LogP contribution is -2.39. The summed E-state index contributed by atoms with van der Waals surface area (Å²) in [6, 6.07) is 6.66. The van der Waals surface area contributed by atoms with Gasteiger partial charge in [0.05, 0.1) is 6.61 Å². The average molecular weight is 455 g/mol. The Kier molecular flexibility index (Phi) is 7.30. The Morgan fingerprint density at radius 3 is 2.42 bits per heavy atom. The zero-order chi connectivity index (χ0) is 23.4. The molecule has 0 bridgehead atoms. The number of halogens is 3. The summed E-state index contributed by atoms with van der Waals surface area (Å²) < 4.78 is 45.3. The molecule has 0 amide bonds. The lowest BCUT2D eigenvalue weighted by atomic mass is 9.95. The van der Waals surface area contributed by atoms with Crippen LogP contribution in [0.15, 0.2) is 29.1 Å². The predicted octanol–water partition coefficient (Wildman–Crippen LogP) is 1.79. The number of thiazole rings is 1. The van der Waals surface area contributed by atoms with E-state index in [4.69, 9.17) is 4.74 Å². The zero-order valence-corrected chi connectivity index (χ0v) is 17.7. The van der Waals surface area contributed by atoms with Gasteiger partial charge in [0.15, 0.2) is 11.2 Å². The number of hydrogen-bond acceptors (Lipinski definition) is 7. The number of alkyl halides is 3. The molecule has 166 valence electrons. The van der Waals surface area contributed by atoms with Gasteiger partial charge in [0.2, 0.25) is 0 Å². The van der Waals surface area contributed by atoms with Crippen molar-refractivity contribution in [2.24, 2.45) is 0 Å². The summed E-state index contributed by atoms with van der Waals surface area (Å²) in [6.07, 6.45) is -3.50. The number of aliphatic hydroxyl groups is 1. The first-order chi connectivity index (χ1) is 14.5. The lowest BCUT2D eigenvalue weighted by molar-refractivity contribution is -0.258. The van der Waals surface area contributed by atoms with Gasteiger partial charge in [0, 0.05) is 18.4 Å². The van der Waals surface area contributed by atoms with Crippen LogP contribution in [0, 0.1) is 11.3 Å². The smallest absolute Gasteiger partial charge is 0.421 e. The van der Waals surface area contributed by atoms with Crippen molar-refractivity contribution in [3.63, 3.8) is 0 Å². The molecular weight excluding hydrogens is 435 g/mol. The van der Waals surface area contributed by atoms with E-state index in [2.05, 4.69) is 5.32 Å². The molecule has 31 heavy (non-hydrogen) atoms. The van der Waals surface area contributed by atoms with Gasteiger partial charge >= 0.3 is 12.1 Å². The summed E-state index contributed by atoms with van der Waals surface area (Å²) in [5.41, 5.74) is -3.69. The molecule has 1 unspecified atom stereocenters. The number of hydrogen-bond donors (Lipinski definition) is 2. The van der Waals surface area contributed by atoms with Crippen molar-refractivity contribution in [3.8, 4) is 6.07 Å². The predicted molar refractivity (Wildman–Crippen MR) is 109 cm³/mol. The largest absolute Gasteiger partial charge is 0.462 e. The van der Waals surface area contributed by atoms with Gasteiger partial charge in [-0.3, -0.25) is 9.36 Å². The minimum Gasteiger partial charge on any atom is -0.462 e. The first kappa shape index (κ1) is 24.2. The molecule has 0 aliphatic carbocycles. The molecule has 1 heterocycles. The molecule has 0 saturated carbocycles. The summed E-state index contributed by atoms with van der Waals surface area (Å²) in [6.45, 7) is 4.22. The number of nitriles is 1. The molecule has 0 aliphatic heterocycles. The monoisotopic (exact) mass is 455 g/mol. The number of benzene rings is 1. The number of nitrogens with zero attached hydrogens (tertiary/aromatic N) is 2. The molecular formula is C20H20F3N3O4S. The van der Waals surface area contributed by atoms with Crippen molar-refractivity contribution in [1.82, 2.24) is 4.57 Å². The molecule has 1 atom stereocenters. The average Bonchev–Trinajstić information content (AvgIpc) is 3.02. The molecule has 7 nitrogen and oxygen atoms in total. The van der Waals surface area contributed by atoms with E-state index >= 15 is 0 Å². The van der Waals surface area contributed by atoms with Gasteiger partial charge in [0.25, 0.3) is 5.56 Å². The fourth-order valence-corrected chi connectivity index (χ4v) is 3.66. The Bertz CT molecular complexity index is 1170. The van der Waals surface area contributed by atoms with E-state index in [1.165, 1.54) is 22.9 Å². The number of carbonyl (C=O) groups is 1. The van der Waals surface area contributed by atoms with Crippen molar-refractivity contribution in [2.75, 3.05) is 11.9 Å². The number of ether oxygens (including phenoxy) is 1. The minimum atomic E-state index is -4.83. The highest BCUT2D eigenvalue weighted by Crippen LogP contribution is 2.38. The normalized spacial score (nSPS) is 15.1. The Hall–Kier alpha value is -3.10. The van der Waals surface area contributed by atoms with Crippen LogP contribution in [0.2, 0.25) is 0 Å². The van der Waals surface area contributed by atoms with Crippen LogP contribution in [0.3, 0.4) is 0 Å². The van der Waals surface area contributed by atoms with E-state index in [1.54, 1.807) is 19.9 Å². The fourth-order valence-electron chi connectivity index (χ4n) is 2.58. The third kappa shape index (κ3) is 4.98. The minimum absolute atomic E-state index is 0.0729. The molecule has 0 aliphatic rings. The lowest BCUT2D eigenvalue weighted by Gasteiger charge is -2.26. The standard InChI is InChI=1S/C20H20F3N3O4S/c1-4-26-16(27)15(31-17(26)14(10-24)18(28)30-5-2)11-25-13-8-6-12(7-9-13)19(3,29)20(21,22)23/h6-9,11,25,29H,4-5H2,1-3H3/b15-11+,17-14-. The van der Waals surface area contributed by atoms with Crippen LogP contribution in [0.25, 0.3) is 11.8 Å². The maximum Gasteiger partial charge on any atom is 0.421 e. The van der Waals surface area contributed by atoms with Gasteiger partial charge in [-0.1, -0.05) is 12.1 Å². The second-order valence-corrected chi connectivity index (χ2v) is 7.49. The van der Waals surface area contributed by atoms with Gasteiger partial charge in [-0.05, 0) is 38.5 Å². The van der Waals surface area contributed by atoms with Gasteiger partial charge in [-0.25, -0.2) is 4.79 Å². The highest BCUT2D eigenvalue weighted by molar-refractivity contribution is 7.07. The topological polar surface area (TPSA) is 104 Å². The summed E-state index contributed by atoms with van der Waals surface area (Å²) >= 11 is 0.911. The van der Waals surface area contributed by atoms with Crippen molar-refractivity contribution in [1.29, 1.82) is 5.26 Å². The zero-order valence-electron chi connectivity index (χ0n) is 16.9. The molecule has 2 rings (SSSR count). The number of esters is 1. The van der Waals surface area contributed by atoms with Crippen molar-refractivity contribution < 1.29 is 27.8 Å². The third-order valence-corrected chi connectivity index (χ3v) is 5.53. The molecule has 1 aromatic heterocycles. The number of anilines is 1. The molecule has 2 aromatic rings. The van der Waals surface area contributed by atoms with Crippen molar-refractivity contribution in [3.05, 3.63) is 49.4 Å². The third-order valence-electron chi connectivity index (χ3n) is 4.40. The number of carbonyl (C=O) groups excluding carboxylic acids is 1. The number of rotatable bonds is 6. The molecule has 0 radical (unpaired) electrons. The van der Waals surface area contributed by atoms with Crippen LogP contribution in [0.1, 0.15) is 26.3 Å². The summed E-state index contributed by atoms with van der Waals surface area (Å²) in [5, 5.41) is 21.8. The SMILES string of the molecule is CCOC(=O)/C(C#N)=c1\s/c(=C/Nc2ccc(C(C)(O)C(F)(F)F)cc2)c(=O)n1CC. The van der Waals surface area contributed by atoms with E-state index in [0.29, 0.717) is 12.6 Å². The quantitative estimate of drug-likeness (QED) is 0.644. The molecule has 0 fully saturated rings. The Morgan fingerprint density at radius 2 is 1.94 bits per heavy atom. The van der Waals surface area contributed by atoms with E-state index in [9.17, 15) is 33.1 Å². The van der Waals surface area contributed by atoms with Gasteiger partial charge in [-0.2, -0.15) is 18.4 Å². The Morgan fingerprint density at radius 1 is 1.32 bits per heavy atom. The summed E-state index contributed by atoms with van der Waals surface area (Å²) in [7, 11) is 0. The number of aromatic nitrogens is 1. The van der Waals surface area contributed by atoms with Crippen LogP contribution >= 0.6 is 11.3 Å². The van der Waals surface area contributed by atoms with E-state index in [0.717, 1.165) is 23.5 Å². The second kappa shape index (κ2) is 9.36. The van der Waals surface area contributed by atoms with Crippen LogP contribution < -0.4 is 20.1 Å². The molecule has 1 aromatic carbocycles. The maximum atomic E-state index is 12.9. The molecule has 0 saturated heterocycles.